The summed E-state index contributed by atoms with van der Waals surface area (Å²) in [5.41, 5.74) is 2.47. The number of H-pyrrole nitrogens is 1. The van der Waals surface area contributed by atoms with Crippen molar-refractivity contribution in [1.29, 1.82) is 0 Å². The number of aromatic amines is 1. The molecule has 1 heterocycles. The molecule has 12 heteroatoms. The zero-order valence-electron chi connectivity index (χ0n) is 22.8. The Bertz CT molecular complexity index is 1890. The molecule has 0 aliphatic heterocycles. The predicted octanol–water partition coefficient (Wildman–Crippen LogP) is 8.65. The van der Waals surface area contributed by atoms with E-state index in [4.69, 9.17) is 21.1 Å². The number of rotatable bonds is 8. The first-order valence-corrected chi connectivity index (χ1v) is 14.3. The Balaban J connectivity index is 1.42. The van der Waals surface area contributed by atoms with E-state index < -0.39 is 23.6 Å². The average molecular weight is 685 g/mol. The summed E-state index contributed by atoms with van der Waals surface area (Å²) in [4.78, 5) is 28.6. The molecule has 44 heavy (non-hydrogen) atoms. The van der Waals surface area contributed by atoms with Crippen molar-refractivity contribution in [2.24, 2.45) is 5.10 Å². The number of alkyl halides is 3. The van der Waals surface area contributed by atoms with Gasteiger partial charge in [0.25, 0.3) is 5.91 Å². The van der Waals surface area contributed by atoms with Crippen molar-refractivity contribution in [2.75, 3.05) is 6.61 Å². The van der Waals surface area contributed by atoms with E-state index in [1.165, 1.54) is 24.4 Å². The molecule has 0 saturated carbocycles. The van der Waals surface area contributed by atoms with Gasteiger partial charge in [-0.3, -0.25) is 4.79 Å². The third-order valence-corrected chi connectivity index (χ3v) is 7.30. The van der Waals surface area contributed by atoms with Gasteiger partial charge in [-0.15, -0.1) is 0 Å². The van der Waals surface area contributed by atoms with Crippen LogP contribution in [0.15, 0.2) is 94.5 Å². The van der Waals surface area contributed by atoms with Crippen LogP contribution in [0.5, 0.6) is 11.5 Å². The summed E-state index contributed by atoms with van der Waals surface area (Å²) >= 11 is 9.71. The maximum Gasteiger partial charge on any atom is 0.418 e. The maximum absolute atomic E-state index is 13.8. The number of benzene rings is 4. The largest absolute Gasteiger partial charge is 0.490 e. The van der Waals surface area contributed by atoms with E-state index in [0.717, 1.165) is 10.5 Å². The highest BCUT2D eigenvalue weighted by molar-refractivity contribution is 9.10. The minimum Gasteiger partial charge on any atom is -0.490 e. The molecule has 0 aliphatic rings. The Labute approximate surface area is 262 Å². The SMILES string of the molecule is CCOc1cc(C=NNC(=O)c2[nH]c3c(C(F)(F)F)cccc3c2-c2ccccc2Cl)ccc1OC(=O)c1ccc(Br)cc1. The number of nitrogens with one attached hydrogen (secondary N) is 2. The summed E-state index contributed by atoms with van der Waals surface area (Å²) in [7, 11) is 0. The third-order valence-electron chi connectivity index (χ3n) is 6.44. The number of para-hydroxylation sites is 1. The number of hydrazone groups is 1. The molecule has 0 fully saturated rings. The van der Waals surface area contributed by atoms with Crippen LogP contribution in [0.4, 0.5) is 13.2 Å². The van der Waals surface area contributed by atoms with E-state index in [2.05, 4.69) is 31.4 Å². The third kappa shape index (κ3) is 6.63. The first-order chi connectivity index (χ1) is 21.1. The number of nitrogens with zero attached hydrogens (tertiary/aromatic N) is 1. The van der Waals surface area contributed by atoms with Gasteiger partial charge in [-0.1, -0.05) is 57.9 Å². The first kappa shape index (κ1) is 30.8. The van der Waals surface area contributed by atoms with Crippen LogP contribution in [0.3, 0.4) is 0 Å². The number of fused-ring (bicyclic) bond motifs is 1. The smallest absolute Gasteiger partial charge is 0.418 e. The highest BCUT2D eigenvalue weighted by Crippen LogP contribution is 2.41. The molecule has 224 valence electrons. The molecule has 0 spiro atoms. The second-order valence-electron chi connectivity index (χ2n) is 9.32. The fourth-order valence-corrected chi connectivity index (χ4v) is 4.99. The minimum atomic E-state index is -4.66. The highest BCUT2D eigenvalue weighted by Gasteiger charge is 2.35. The summed E-state index contributed by atoms with van der Waals surface area (Å²) in [5, 5.41) is 4.43. The van der Waals surface area contributed by atoms with Gasteiger partial charge in [0.05, 0.1) is 29.5 Å². The zero-order valence-corrected chi connectivity index (χ0v) is 25.2. The summed E-state index contributed by atoms with van der Waals surface area (Å²) < 4.78 is 53.4. The molecule has 0 radical (unpaired) electrons. The first-order valence-electron chi connectivity index (χ1n) is 13.1. The molecule has 0 bridgehead atoms. The normalized spacial score (nSPS) is 11.6. The Hall–Kier alpha value is -4.61. The van der Waals surface area contributed by atoms with E-state index in [1.807, 2.05) is 0 Å². The van der Waals surface area contributed by atoms with Gasteiger partial charge in [-0.2, -0.15) is 18.3 Å². The van der Waals surface area contributed by atoms with Crippen LogP contribution >= 0.6 is 27.5 Å². The monoisotopic (exact) mass is 683 g/mol. The van der Waals surface area contributed by atoms with Gasteiger partial charge in [-0.05, 0) is 67.1 Å². The van der Waals surface area contributed by atoms with Crippen LogP contribution in [0.25, 0.3) is 22.0 Å². The maximum atomic E-state index is 13.8. The van der Waals surface area contributed by atoms with Crippen LogP contribution < -0.4 is 14.9 Å². The summed E-state index contributed by atoms with van der Waals surface area (Å²) in [5.74, 6) is -0.910. The van der Waals surface area contributed by atoms with Crippen LogP contribution in [0, 0.1) is 0 Å². The van der Waals surface area contributed by atoms with Gasteiger partial charge in [-0.25, -0.2) is 10.2 Å². The number of carbonyl (C=O) groups excluding carboxylic acids is 2. The zero-order chi connectivity index (χ0) is 31.4. The number of halogens is 5. The van der Waals surface area contributed by atoms with E-state index in [1.54, 1.807) is 67.6 Å². The molecule has 0 aliphatic carbocycles. The van der Waals surface area contributed by atoms with E-state index in [-0.39, 0.29) is 45.3 Å². The predicted molar refractivity (Wildman–Crippen MR) is 166 cm³/mol. The molecule has 1 aromatic heterocycles. The number of ether oxygens (including phenoxy) is 2. The Morgan fingerprint density at radius 1 is 1.00 bits per heavy atom. The molecule has 0 atom stereocenters. The van der Waals surface area contributed by atoms with Crippen molar-refractivity contribution in [2.45, 2.75) is 13.1 Å². The number of esters is 1. The molecular weight excluding hydrogens is 663 g/mol. The molecule has 5 rings (SSSR count). The lowest BCUT2D eigenvalue weighted by Crippen LogP contribution is -2.19. The van der Waals surface area contributed by atoms with Crippen molar-refractivity contribution in [3.8, 4) is 22.6 Å². The van der Waals surface area contributed by atoms with Crippen molar-refractivity contribution in [3.63, 3.8) is 0 Å². The Kier molecular flexibility index (Phi) is 9.07. The Morgan fingerprint density at radius 2 is 1.75 bits per heavy atom. The number of carbonyl (C=O) groups is 2. The van der Waals surface area contributed by atoms with Gasteiger partial charge in [0.1, 0.15) is 5.69 Å². The van der Waals surface area contributed by atoms with Crippen molar-refractivity contribution in [1.82, 2.24) is 10.4 Å². The topological polar surface area (TPSA) is 92.8 Å². The van der Waals surface area contributed by atoms with Gasteiger partial charge >= 0.3 is 12.1 Å². The molecule has 1 amide bonds. The highest BCUT2D eigenvalue weighted by atomic mass is 79.9. The fraction of sp³-hybridized carbons (Fsp3) is 0.0938. The van der Waals surface area contributed by atoms with Crippen molar-refractivity contribution >= 4 is 56.5 Å². The standard InChI is InChI=1S/C32H22BrClF3N3O4/c1-2-43-26-16-18(10-15-25(26)44-31(42)19-11-13-20(33)14-12-19)17-38-40-30(41)29-27(21-6-3-4-9-24(21)34)22-7-5-8-23(28(22)39-29)32(35,36)37/h3-17,39H,2H2,1H3,(H,40,41). The quantitative estimate of drug-likeness (QED) is 0.0741. The summed E-state index contributed by atoms with van der Waals surface area (Å²) in [6, 6.07) is 21.6. The molecular formula is C32H22BrClF3N3O4. The molecule has 4 aromatic carbocycles. The molecule has 5 aromatic rings. The van der Waals surface area contributed by atoms with Gasteiger partial charge in [0.15, 0.2) is 11.5 Å². The summed E-state index contributed by atoms with van der Waals surface area (Å²) in [6.45, 7) is 2.05. The number of amides is 1. The number of aromatic nitrogens is 1. The summed E-state index contributed by atoms with van der Waals surface area (Å²) in [6.07, 6.45) is -3.34. The minimum absolute atomic E-state index is 0.146. The van der Waals surface area contributed by atoms with Crippen LogP contribution in [-0.2, 0) is 6.18 Å². The van der Waals surface area contributed by atoms with E-state index in [9.17, 15) is 22.8 Å². The number of hydrogen-bond acceptors (Lipinski definition) is 5. The van der Waals surface area contributed by atoms with Crippen molar-refractivity contribution < 1.29 is 32.2 Å². The molecule has 2 N–H and O–H groups in total. The lowest BCUT2D eigenvalue weighted by atomic mass is 10.00. The fourth-order valence-electron chi connectivity index (χ4n) is 4.49. The molecule has 0 saturated heterocycles. The average Bonchev–Trinajstić information content (AvgIpc) is 3.38. The van der Waals surface area contributed by atoms with Gasteiger partial charge in [0, 0.05) is 26.0 Å². The van der Waals surface area contributed by atoms with E-state index in [0.29, 0.717) is 16.7 Å². The lowest BCUT2D eigenvalue weighted by molar-refractivity contribution is -0.136. The van der Waals surface area contributed by atoms with E-state index >= 15 is 0 Å². The number of hydrogen-bond donors (Lipinski definition) is 2. The van der Waals surface area contributed by atoms with Crippen LogP contribution in [-0.4, -0.2) is 29.7 Å². The lowest BCUT2D eigenvalue weighted by Gasteiger charge is -2.11. The second kappa shape index (κ2) is 12.9. The van der Waals surface area contributed by atoms with Crippen LogP contribution in [0.1, 0.15) is 38.9 Å². The van der Waals surface area contributed by atoms with Gasteiger partial charge in [0.2, 0.25) is 0 Å². The van der Waals surface area contributed by atoms with Gasteiger partial charge < -0.3 is 14.5 Å². The van der Waals surface area contributed by atoms with Crippen LogP contribution in [0.2, 0.25) is 5.02 Å². The van der Waals surface area contributed by atoms with Crippen molar-refractivity contribution in [3.05, 3.63) is 117 Å². The second-order valence-corrected chi connectivity index (χ2v) is 10.6. The Morgan fingerprint density at radius 3 is 2.45 bits per heavy atom. The molecule has 0 unspecified atom stereocenters. The molecule has 7 nitrogen and oxygen atoms in total.